The van der Waals surface area contributed by atoms with E-state index in [1.54, 1.807) is 0 Å². The molecule has 1 nitrogen and oxygen atoms in total. The maximum atomic E-state index is 2.40. The fourth-order valence-corrected chi connectivity index (χ4v) is 2.57. The fraction of sp³-hybridized carbons (Fsp3) is 0.412. The molecule has 0 radical (unpaired) electrons. The topological polar surface area (TPSA) is 4.93 Å². The van der Waals surface area contributed by atoms with Crippen LogP contribution in [0.1, 0.15) is 56.4 Å². The average molecular weight is 241 g/mol. The van der Waals surface area contributed by atoms with E-state index < -0.39 is 0 Å². The first-order valence-electron chi connectivity index (χ1n) is 6.82. The predicted octanol–water partition coefficient (Wildman–Crippen LogP) is 4.78. The van der Waals surface area contributed by atoms with Crippen molar-refractivity contribution in [1.82, 2.24) is 4.57 Å². The summed E-state index contributed by atoms with van der Waals surface area (Å²) >= 11 is 0. The van der Waals surface area contributed by atoms with Crippen molar-refractivity contribution in [1.29, 1.82) is 0 Å². The second-order valence-corrected chi connectivity index (χ2v) is 5.58. The molecule has 1 aromatic heterocycles. The fourth-order valence-electron chi connectivity index (χ4n) is 2.57. The Kier molecular flexibility index (Phi) is 3.90. The van der Waals surface area contributed by atoms with Gasteiger partial charge in [-0.05, 0) is 29.0 Å². The van der Waals surface area contributed by atoms with E-state index in [9.17, 15) is 0 Å². The van der Waals surface area contributed by atoms with Gasteiger partial charge in [0.1, 0.15) is 0 Å². The van der Waals surface area contributed by atoms with Crippen molar-refractivity contribution in [2.75, 3.05) is 0 Å². The van der Waals surface area contributed by atoms with Crippen LogP contribution in [-0.4, -0.2) is 4.57 Å². The molecule has 2 rings (SSSR count). The number of benzene rings is 1. The Bertz CT molecular complexity index is 492. The lowest BCUT2D eigenvalue weighted by Crippen LogP contribution is -2.07. The Morgan fingerprint density at radius 2 is 1.56 bits per heavy atom. The number of hydrogen-bond donors (Lipinski definition) is 0. The summed E-state index contributed by atoms with van der Waals surface area (Å²) < 4.78 is 2.40. The van der Waals surface area contributed by atoms with E-state index in [0.29, 0.717) is 11.8 Å². The van der Waals surface area contributed by atoms with Gasteiger partial charge < -0.3 is 4.57 Å². The molecule has 0 N–H and O–H groups in total. The highest BCUT2D eigenvalue weighted by molar-refractivity contribution is 5.29. The second-order valence-electron chi connectivity index (χ2n) is 5.58. The molecule has 1 aromatic carbocycles. The minimum absolute atomic E-state index is 0.570. The molecule has 0 saturated carbocycles. The van der Waals surface area contributed by atoms with Crippen LogP contribution >= 0.6 is 0 Å². The van der Waals surface area contributed by atoms with Gasteiger partial charge >= 0.3 is 0 Å². The first-order chi connectivity index (χ1) is 8.59. The lowest BCUT2D eigenvalue weighted by atomic mass is 9.97. The summed E-state index contributed by atoms with van der Waals surface area (Å²) in [6.45, 7) is 10.1. The van der Waals surface area contributed by atoms with Crippen molar-refractivity contribution in [3.8, 4) is 0 Å². The number of nitrogens with zero attached hydrogens (tertiary/aromatic N) is 1. The smallest absolute Gasteiger partial charge is 0.0473 e. The first kappa shape index (κ1) is 12.9. The average Bonchev–Trinajstić information content (AvgIpc) is 2.74. The van der Waals surface area contributed by atoms with Crippen LogP contribution < -0.4 is 0 Å². The first-order valence-corrected chi connectivity index (χ1v) is 6.82. The van der Waals surface area contributed by atoms with Crippen LogP contribution in [0.4, 0.5) is 0 Å². The zero-order valence-electron chi connectivity index (χ0n) is 11.9. The molecule has 96 valence electrons. The van der Waals surface area contributed by atoms with E-state index in [0.717, 1.165) is 6.54 Å². The lowest BCUT2D eigenvalue weighted by Gasteiger charge is -2.16. The van der Waals surface area contributed by atoms with Crippen molar-refractivity contribution in [3.63, 3.8) is 0 Å². The summed E-state index contributed by atoms with van der Waals surface area (Å²) in [4.78, 5) is 0. The van der Waals surface area contributed by atoms with Gasteiger partial charge in [-0.25, -0.2) is 0 Å². The van der Waals surface area contributed by atoms with Crippen LogP contribution in [0.3, 0.4) is 0 Å². The van der Waals surface area contributed by atoms with Crippen LogP contribution in [0.2, 0.25) is 0 Å². The van der Waals surface area contributed by atoms with Crippen molar-refractivity contribution >= 4 is 0 Å². The van der Waals surface area contributed by atoms with E-state index in [1.807, 2.05) is 0 Å². The molecule has 0 bridgehead atoms. The van der Waals surface area contributed by atoms with Gasteiger partial charge in [0.15, 0.2) is 0 Å². The highest BCUT2D eigenvalue weighted by Gasteiger charge is 2.14. The highest BCUT2D eigenvalue weighted by atomic mass is 15.0. The Morgan fingerprint density at radius 3 is 2.11 bits per heavy atom. The standard InChI is InChI=1S/C17H23N/c1-13(2)16-10-11-18(17(16)14(3)4)12-15-8-6-5-7-9-15/h5-11,13-14H,12H2,1-4H3. The molecule has 0 saturated heterocycles. The molecular formula is C17H23N. The van der Waals surface area contributed by atoms with E-state index >= 15 is 0 Å². The minimum atomic E-state index is 0.570. The molecular weight excluding hydrogens is 218 g/mol. The zero-order valence-corrected chi connectivity index (χ0v) is 11.9. The Balaban J connectivity index is 2.34. The third kappa shape index (κ3) is 2.66. The lowest BCUT2D eigenvalue weighted by molar-refractivity contribution is 0.673. The molecule has 0 unspecified atom stereocenters. The van der Waals surface area contributed by atoms with Crippen molar-refractivity contribution < 1.29 is 0 Å². The molecule has 1 heterocycles. The van der Waals surface area contributed by atoms with E-state index in [-0.39, 0.29) is 0 Å². The molecule has 0 atom stereocenters. The van der Waals surface area contributed by atoms with Gasteiger partial charge in [0.2, 0.25) is 0 Å². The summed E-state index contributed by atoms with van der Waals surface area (Å²) in [6.07, 6.45) is 2.23. The quantitative estimate of drug-likeness (QED) is 0.725. The van der Waals surface area contributed by atoms with Gasteiger partial charge in [-0.15, -0.1) is 0 Å². The van der Waals surface area contributed by atoms with E-state index in [2.05, 4.69) is 74.9 Å². The predicted molar refractivity (Wildman–Crippen MR) is 78.2 cm³/mol. The molecule has 0 amide bonds. The molecule has 1 heteroatoms. The van der Waals surface area contributed by atoms with Crippen molar-refractivity contribution in [2.45, 2.75) is 46.1 Å². The number of rotatable bonds is 4. The van der Waals surface area contributed by atoms with Gasteiger partial charge in [-0.3, -0.25) is 0 Å². The van der Waals surface area contributed by atoms with Crippen LogP contribution in [-0.2, 0) is 6.54 Å². The molecule has 18 heavy (non-hydrogen) atoms. The molecule has 2 aromatic rings. The van der Waals surface area contributed by atoms with Crippen molar-refractivity contribution in [2.24, 2.45) is 0 Å². The van der Waals surface area contributed by atoms with Crippen LogP contribution in [0, 0.1) is 0 Å². The summed E-state index contributed by atoms with van der Waals surface area (Å²) in [7, 11) is 0. The highest BCUT2D eigenvalue weighted by Crippen LogP contribution is 2.27. The summed E-state index contributed by atoms with van der Waals surface area (Å²) in [5.41, 5.74) is 4.33. The summed E-state index contributed by atoms with van der Waals surface area (Å²) in [5, 5.41) is 0. The Labute approximate surface area is 110 Å². The molecule has 0 aliphatic carbocycles. The molecule has 0 spiro atoms. The molecule has 0 aliphatic heterocycles. The Hall–Kier alpha value is -1.50. The number of aromatic nitrogens is 1. The molecule has 0 fully saturated rings. The van der Waals surface area contributed by atoms with Crippen LogP contribution in [0.15, 0.2) is 42.6 Å². The van der Waals surface area contributed by atoms with Gasteiger partial charge in [0.25, 0.3) is 0 Å². The van der Waals surface area contributed by atoms with Crippen molar-refractivity contribution in [3.05, 3.63) is 59.4 Å². The van der Waals surface area contributed by atoms with Gasteiger partial charge in [0.05, 0.1) is 0 Å². The maximum Gasteiger partial charge on any atom is 0.0473 e. The van der Waals surface area contributed by atoms with E-state index in [1.165, 1.54) is 16.8 Å². The number of hydrogen-bond acceptors (Lipinski definition) is 0. The zero-order chi connectivity index (χ0) is 13.1. The van der Waals surface area contributed by atoms with Crippen LogP contribution in [0.5, 0.6) is 0 Å². The third-order valence-corrected chi connectivity index (χ3v) is 3.40. The largest absolute Gasteiger partial charge is 0.347 e. The maximum absolute atomic E-state index is 2.40. The third-order valence-electron chi connectivity index (χ3n) is 3.40. The molecule has 0 aliphatic rings. The second kappa shape index (κ2) is 5.43. The van der Waals surface area contributed by atoms with Gasteiger partial charge in [-0.1, -0.05) is 58.0 Å². The SMILES string of the molecule is CC(C)c1ccn(Cc2ccccc2)c1C(C)C. The Morgan fingerprint density at radius 1 is 0.889 bits per heavy atom. The summed E-state index contributed by atoms with van der Waals surface area (Å²) in [5.74, 6) is 1.17. The van der Waals surface area contributed by atoms with Crippen LogP contribution in [0.25, 0.3) is 0 Å². The van der Waals surface area contributed by atoms with Gasteiger partial charge in [-0.2, -0.15) is 0 Å². The van der Waals surface area contributed by atoms with Gasteiger partial charge in [0, 0.05) is 18.4 Å². The monoisotopic (exact) mass is 241 g/mol. The summed E-state index contributed by atoms with van der Waals surface area (Å²) in [6, 6.07) is 13.0. The normalized spacial score (nSPS) is 11.4. The van der Waals surface area contributed by atoms with E-state index in [4.69, 9.17) is 0 Å². The minimum Gasteiger partial charge on any atom is -0.347 e.